The third-order valence-corrected chi connectivity index (χ3v) is 3.60. The van der Waals surface area contributed by atoms with Crippen molar-refractivity contribution >= 4 is 17.5 Å². The summed E-state index contributed by atoms with van der Waals surface area (Å²) in [5.74, 6) is 0.725. The maximum atomic E-state index is 12.3. The molecule has 0 bridgehead atoms. The van der Waals surface area contributed by atoms with Gasteiger partial charge in [0.15, 0.2) is 0 Å². The predicted octanol–water partition coefficient (Wildman–Crippen LogP) is 2.47. The Bertz CT molecular complexity index is 430. The topological polar surface area (TPSA) is 39.3 Å². The van der Waals surface area contributed by atoms with E-state index in [1.807, 2.05) is 4.90 Å². The molecule has 19 heavy (non-hydrogen) atoms. The second-order valence-electron chi connectivity index (χ2n) is 5.57. The van der Waals surface area contributed by atoms with Gasteiger partial charge in [-0.3, -0.25) is 4.79 Å². The van der Waals surface area contributed by atoms with Crippen LogP contribution in [-0.4, -0.2) is 53.4 Å². The highest BCUT2D eigenvalue weighted by Crippen LogP contribution is 2.13. The van der Waals surface area contributed by atoms with E-state index >= 15 is 0 Å². The summed E-state index contributed by atoms with van der Waals surface area (Å²) in [4.78, 5) is 19.6. The van der Waals surface area contributed by atoms with Crippen molar-refractivity contribution in [2.75, 3.05) is 32.7 Å². The molecule has 0 radical (unpaired) electrons. The number of H-pyrrole nitrogens is 1. The molecule has 1 aliphatic rings. The molecule has 1 amide bonds. The van der Waals surface area contributed by atoms with Gasteiger partial charge in [-0.15, -0.1) is 0 Å². The number of hydrogen-bond acceptors (Lipinski definition) is 2. The molecule has 5 heteroatoms. The standard InChI is InChI=1S/C14H22ClN3O/c1-11(2)10-17-4-3-5-18(7-6-17)14(19)13-8-12(15)9-16-13/h8-9,11,16H,3-7,10H2,1-2H3. The molecule has 0 spiro atoms. The first-order chi connectivity index (χ1) is 9.06. The van der Waals surface area contributed by atoms with E-state index in [0.717, 1.165) is 39.1 Å². The third-order valence-electron chi connectivity index (χ3n) is 3.38. The Morgan fingerprint density at radius 1 is 1.37 bits per heavy atom. The molecule has 1 N–H and O–H groups in total. The Hall–Kier alpha value is -1.00. The second kappa shape index (κ2) is 6.44. The highest BCUT2D eigenvalue weighted by Gasteiger charge is 2.21. The maximum absolute atomic E-state index is 12.3. The number of nitrogens with one attached hydrogen (secondary N) is 1. The largest absolute Gasteiger partial charge is 0.356 e. The van der Waals surface area contributed by atoms with E-state index in [1.165, 1.54) is 0 Å². The van der Waals surface area contributed by atoms with Crippen LogP contribution in [0, 0.1) is 5.92 Å². The van der Waals surface area contributed by atoms with Crippen LogP contribution in [0.3, 0.4) is 0 Å². The lowest BCUT2D eigenvalue weighted by Gasteiger charge is -2.23. The van der Waals surface area contributed by atoms with Crippen LogP contribution in [-0.2, 0) is 0 Å². The van der Waals surface area contributed by atoms with E-state index < -0.39 is 0 Å². The molecule has 1 aliphatic heterocycles. The molecule has 1 saturated heterocycles. The van der Waals surface area contributed by atoms with Crippen LogP contribution in [0.4, 0.5) is 0 Å². The molecular formula is C14H22ClN3O. The minimum absolute atomic E-state index is 0.0540. The molecule has 106 valence electrons. The fourth-order valence-electron chi connectivity index (χ4n) is 2.53. The molecule has 1 fully saturated rings. The zero-order valence-corrected chi connectivity index (χ0v) is 12.4. The minimum Gasteiger partial charge on any atom is -0.356 e. The van der Waals surface area contributed by atoms with Crippen molar-refractivity contribution in [1.82, 2.24) is 14.8 Å². The van der Waals surface area contributed by atoms with Gasteiger partial charge in [0.05, 0.1) is 5.02 Å². The van der Waals surface area contributed by atoms with Gasteiger partial charge in [0.2, 0.25) is 0 Å². The zero-order chi connectivity index (χ0) is 13.8. The fourth-order valence-corrected chi connectivity index (χ4v) is 2.70. The number of aromatic amines is 1. The lowest BCUT2D eigenvalue weighted by molar-refractivity contribution is 0.0755. The lowest BCUT2D eigenvalue weighted by Crippen LogP contribution is -2.36. The predicted molar refractivity (Wildman–Crippen MR) is 77.6 cm³/mol. The average Bonchev–Trinajstić information content (AvgIpc) is 2.65. The number of hydrogen-bond donors (Lipinski definition) is 1. The van der Waals surface area contributed by atoms with Gasteiger partial charge in [-0.05, 0) is 24.9 Å². The third kappa shape index (κ3) is 3.98. The molecule has 4 nitrogen and oxygen atoms in total. The smallest absolute Gasteiger partial charge is 0.270 e. The van der Waals surface area contributed by atoms with E-state index in [-0.39, 0.29) is 5.91 Å². The van der Waals surface area contributed by atoms with Crippen LogP contribution in [0.2, 0.25) is 5.02 Å². The van der Waals surface area contributed by atoms with Gasteiger partial charge < -0.3 is 14.8 Å². The van der Waals surface area contributed by atoms with Crippen molar-refractivity contribution in [2.24, 2.45) is 5.92 Å². The van der Waals surface area contributed by atoms with Gasteiger partial charge >= 0.3 is 0 Å². The van der Waals surface area contributed by atoms with Gasteiger partial charge in [-0.2, -0.15) is 0 Å². The SMILES string of the molecule is CC(C)CN1CCCN(C(=O)c2cc(Cl)c[nH]2)CC1. The van der Waals surface area contributed by atoms with Crippen LogP contribution in [0.5, 0.6) is 0 Å². The number of rotatable bonds is 3. The molecular weight excluding hydrogens is 262 g/mol. The number of carbonyl (C=O) groups excluding carboxylic acids is 1. The second-order valence-corrected chi connectivity index (χ2v) is 6.01. The highest BCUT2D eigenvalue weighted by atomic mass is 35.5. The molecule has 0 saturated carbocycles. The molecule has 1 aromatic rings. The first kappa shape index (κ1) is 14.4. The van der Waals surface area contributed by atoms with Crippen molar-refractivity contribution < 1.29 is 4.79 Å². The van der Waals surface area contributed by atoms with Crippen LogP contribution < -0.4 is 0 Å². The first-order valence-electron chi connectivity index (χ1n) is 6.92. The van der Waals surface area contributed by atoms with Crippen molar-refractivity contribution in [3.63, 3.8) is 0 Å². The van der Waals surface area contributed by atoms with Gasteiger partial charge in [0.1, 0.15) is 5.69 Å². The number of amides is 1. The molecule has 0 aromatic carbocycles. The minimum atomic E-state index is 0.0540. The Morgan fingerprint density at radius 2 is 2.16 bits per heavy atom. The van der Waals surface area contributed by atoms with Gasteiger partial charge in [0.25, 0.3) is 5.91 Å². The number of carbonyl (C=O) groups is 1. The lowest BCUT2D eigenvalue weighted by atomic mass is 10.2. The molecule has 0 aliphatic carbocycles. The van der Waals surface area contributed by atoms with Crippen LogP contribution in [0.1, 0.15) is 30.8 Å². The highest BCUT2D eigenvalue weighted by molar-refractivity contribution is 6.30. The first-order valence-corrected chi connectivity index (χ1v) is 7.29. The summed E-state index contributed by atoms with van der Waals surface area (Å²) >= 11 is 5.85. The number of halogens is 1. The molecule has 0 atom stereocenters. The van der Waals surface area contributed by atoms with E-state index in [2.05, 4.69) is 23.7 Å². The fraction of sp³-hybridized carbons (Fsp3) is 0.643. The van der Waals surface area contributed by atoms with Crippen molar-refractivity contribution in [2.45, 2.75) is 20.3 Å². The van der Waals surface area contributed by atoms with Crippen molar-refractivity contribution in [3.05, 3.63) is 23.0 Å². The molecule has 0 unspecified atom stereocenters. The van der Waals surface area contributed by atoms with E-state index in [0.29, 0.717) is 16.6 Å². The number of aromatic nitrogens is 1. The van der Waals surface area contributed by atoms with E-state index in [1.54, 1.807) is 12.3 Å². The summed E-state index contributed by atoms with van der Waals surface area (Å²) in [5, 5.41) is 0.583. The Balaban J connectivity index is 1.93. The van der Waals surface area contributed by atoms with E-state index in [9.17, 15) is 4.79 Å². The van der Waals surface area contributed by atoms with Crippen molar-refractivity contribution in [3.8, 4) is 0 Å². The monoisotopic (exact) mass is 283 g/mol. The summed E-state index contributed by atoms with van der Waals surface area (Å²) in [6, 6.07) is 1.70. The Labute approximate surface area is 119 Å². The molecule has 1 aromatic heterocycles. The van der Waals surface area contributed by atoms with Gasteiger partial charge in [-0.1, -0.05) is 25.4 Å². The Kier molecular flexibility index (Phi) is 4.88. The number of nitrogens with zero attached hydrogens (tertiary/aromatic N) is 2. The average molecular weight is 284 g/mol. The summed E-state index contributed by atoms with van der Waals surface area (Å²) < 4.78 is 0. The molecule has 2 rings (SSSR count). The zero-order valence-electron chi connectivity index (χ0n) is 11.7. The maximum Gasteiger partial charge on any atom is 0.270 e. The van der Waals surface area contributed by atoms with Crippen LogP contribution >= 0.6 is 11.6 Å². The van der Waals surface area contributed by atoms with Crippen molar-refractivity contribution in [1.29, 1.82) is 0 Å². The molecule has 2 heterocycles. The quantitative estimate of drug-likeness (QED) is 0.926. The summed E-state index contributed by atoms with van der Waals surface area (Å²) in [5.41, 5.74) is 0.585. The summed E-state index contributed by atoms with van der Waals surface area (Å²) in [7, 11) is 0. The van der Waals surface area contributed by atoms with Gasteiger partial charge in [0, 0.05) is 32.4 Å². The van der Waals surface area contributed by atoms with Crippen LogP contribution in [0.15, 0.2) is 12.3 Å². The van der Waals surface area contributed by atoms with Crippen LogP contribution in [0.25, 0.3) is 0 Å². The Morgan fingerprint density at radius 3 is 2.79 bits per heavy atom. The summed E-state index contributed by atoms with van der Waals surface area (Å²) in [6.45, 7) is 9.22. The van der Waals surface area contributed by atoms with E-state index in [4.69, 9.17) is 11.6 Å². The normalized spacial score (nSPS) is 17.8. The van der Waals surface area contributed by atoms with Gasteiger partial charge in [-0.25, -0.2) is 0 Å². The summed E-state index contributed by atoms with van der Waals surface area (Å²) in [6.07, 6.45) is 2.69.